The van der Waals surface area contributed by atoms with E-state index in [-0.39, 0.29) is 30.0 Å². The molecule has 2 unspecified atom stereocenters. The fraction of sp³-hybridized carbons (Fsp3) is 0.423. The minimum atomic E-state index is -3.70. The van der Waals surface area contributed by atoms with Gasteiger partial charge in [-0.15, -0.1) is 0 Å². The molecule has 2 fully saturated rings. The minimum absolute atomic E-state index is 0.0449. The van der Waals surface area contributed by atoms with Gasteiger partial charge < -0.3 is 14.8 Å². The normalized spacial score (nSPS) is 19.3. The first-order chi connectivity index (χ1) is 17.1. The first-order valence-corrected chi connectivity index (χ1v) is 13.9. The predicted octanol–water partition coefficient (Wildman–Crippen LogP) is 3.92. The summed E-state index contributed by atoms with van der Waals surface area (Å²) in [4.78, 5) is 28.9. The number of sulfonamides is 1. The molecule has 0 aliphatic heterocycles. The molecule has 2 aliphatic rings. The molecular formula is C26H29N3O6S. The minimum Gasteiger partial charge on any atom is -0.481 e. The number of pyridine rings is 1. The van der Waals surface area contributed by atoms with Gasteiger partial charge in [0.1, 0.15) is 11.6 Å². The number of carbonyl (C=O) groups is 2. The highest BCUT2D eigenvalue weighted by Gasteiger charge is 2.43. The van der Waals surface area contributed by atoms with Crippen molar-refractivity contribution in [3.05, 3.63) is 47.0 Å². The van der Waals surface area contributed by atoms with Gasteiger partial charge in [0.05, 0.1) is 23.1 Å². The largest absolute Gasteiger partial charge is 0.481 e. The number of aliphatic carboxylic acids is 1. The third kappa shape index (κ3) is 4.57. The fourth-order valence-corrected chi connectivity index (χ4v) is 5.66. The molecule has 1 amide bonds. The summed E-state index contributed by atoms with van der Waals surface area (Å²) in [5, 5.41) is 12.4. The lowest BCUT2D eigenvalue weighted by Gasteiger charge is -2.24. The molecule has 2 aromatic heterocycles. The number of amides is 1. The second-order valence-corrected chi connectivity index (χ2v) is 11.8. The maximum Gasteiger partial charge on any atom is 0.306 e. The number of furan rings is 1. The van der Waals surface area contributed by atoms with Crippen LogP contribution < -0.4 is 9.62 Å². The highest BCUT2D eigenvalue weighted by atomic mass is 32.2. The zero-order valence-corrected chi connectivity index (χ0v) is 21.3. The van der Waals surface area contributed by atoms with E-state index in [0.29, 0.717) is 35.4 Å². The Hall–Kier alpha value is -3.40. The Morgan fingerprint density at radius 1 is 1.22 bits per heavy atom. The van der Waals surface area contributed by atoms with Gasteiger partial charge in [-0.1, -0.05) is 29.8 Å². The Bertz CT molecular complexity index is 1460. The highest BCUT2D eigenvalue weighted by Crippen LogP contribution is 2.47. The number of rotatable bonds is 9. The van der Waals surface area contributed by atoms with E-state index in [4.69, 9.17) is 4.42 Å². The Morgan fingerprint density at radius 3 is 2.47 bits per heavy atom. The van der Waals surface area contributed by atoms with Crippen LogP contribution in [0.15, 0.2) is 34.7 Å². The van der Waals surface area contributed by atoms with Crippen LogP contribution in [0, 0.1) is 18.8 Å². The SMILES string of the molecule is CNC(=O)c1c(-c2ccc(C)cc2)oc2nc(N(CCC3CC3C(=O)O)S(C)(=O)=O)c(C3CC3)cc12. The topological polar surface area (TPSA) is 130 Å². The molecule has 2 aliphatic carbocycles. The van der Waals surface area contributed by atoms with Crippen molar-refractivity contribution in [1.29, 1.82) is 0 Å². The number of fused-ring (bicyclic) bond motifs is 1. The van der Waals surface area contributed by atoms with Gasteiger partial charge in [0.2, 0.25) is 15.7 Å². The van der Waals surface area contributed by atoms with Gasteiger partial charge >= 0.3 is 5.97 Å². The number of hydrogen-bond acceptors (Lipinski definition) is 6. The summed E-state index contributed by atoms with van der Waals surface area (Å²) in [6.45, 7) is 2.11. The number of hydrogen-bond donors (Lipinski definition) is 2. The zero-order valence-electron chi connectivity index (χ0n) is 20.4. The predicted molar refractivity (Wildman–Crippen MR) is 136 cm³/mol. The number of benzene rings is 1. The number of aromatic nitrogens is 1. The van der Waals surface area contributed by atoms with Gasteiger partial charge in [0.15, 0.2) is 0 Å². The highest BCUT2D eigenvalue weighted by molar-refractivity contribution is 7.92. The Kier molecular flexibility index (Phi) is 6.02. The summed E-state index contributed by atoms with van der Waals surface area (Å²) in [7, 11) is -2.15. The van der Waals surface area contributed by atoms with E-state index in [1.807, 2.05) is 37.3 Å². The quantitative estimate of drug-likeness (QED) is 0.445. The van der Waals surface area contributed by atoms with E-state index in [2.05, 4.69) is 10.3 Å². The average molecular weight is 512 g/mol. The lowest BCUT2D eigenvalue weighted by Crippen LogP contribution is -2.33. The first kappa shape index (κ1) is 24.3. The third-order valence-electron chi connectivity index (χ3n) is 7.06. The van der Waals surface area contributed by atoms with Gasteiger partial charge in [-0.25, -0.2) is 8.42 Å². The van der Waals surface area contributed by atoms with E-state index in [9.17, 15) is 23.1 Å². The molecule has 9 nitrogen and oxygen atoms in total. The molecular weight excluding hydrogens is 482 g/mol. The molecule has 3 aromatic rings. The van der Waals surface area contributed by atoms with Crippen LogP contribution in [0.2, 0.25) is 0 Å². The number of nitrogens with one attached hydrogen (secondary N) is 1. The van der Waals surface area contributed by atoms with E-state index in [0.717, 1.165) is 35.8 Å². The van der Waals surface area contributed by atoms with Crippen LogP contribution in [-0.4, -0.2) is 50.2 Å². The summed E-state index contributed by atoms with van der Waals surface area (Å²) in [6.07, 6.45) is 3.93. The molecule has 2 saturated carbocycles. The average Bonchev–Trinajstić information content (AvgIpc) is 3.75. The van der Waals surface area contributed by atoms with Crippen molar-refractivity contribution < 1.29 is 27.5 Å². The van der Waals surface area contributed by atoms with Crippen molar-refractivity contribution in [2.24, 2.45) is 11.8 Å². The molecule has 2 atom stereocenters. The van der Waals surface area contributed by atoms with E-state index in [1.165, 1.54) is 4.31 Å². The number of carbonyl (C=O) groups excluding carboxylic acids is 1. The smallest absolute Gasteiger partial charge is 0.306 e. The summed E-state index contributed by atoms with van der Waals surface area (Å²) in [5.41, 5.74) is 3.11. The number of carboxylic acids is 1. The van der Waals surface area contributed by atoms with Crippen LogP contribution in [0.4, 0.5) is 5.82 Å². The van der Waals surface area contributed by atoms with Crippen molar-refractivity contribution in [2.75, 3.05) is 24.2 Å². The summed E-state index contributed by atoms with van der Waals surface area (Å²) in [6, 6.07) is 9.45. The van der Waals surface area contributed by atoms with Gasteiger partial charge in [-0.05, 0) is 56.1 Å². The molecule has 0 spiro atoms. The van der Waals surface area contributed by atoms with E-state index in [1.54, 1.807) is 7.05 Å². The summed E-state index contributed by atoms with van der Waals surface area (Å²) < 4.78 is 33.1. The number of aryl methyl sites for hydroxylation is 1. The molecule has 36 heavy (non-hydrogen) atoms. The van der Waals surface area contributed by atoms with Gasteiger partial charge in [-0.2, -0.15) is 4.98 Å². The third-order valence-corrected chi connectivity index (χ3v) is 8.21. The lowest BCUT2D eigenvalue weighted by atomic mass is 10.0. The number of anilines is 1. The lowest BCUT2D eigenvalue weighted by molar-refractivity contribution is -0.138. The van der Waals surface area contributed by atoms with Gasteiger partial charge in [0, 0.05) is 19.2 Å². The van der Waals surface area contributed by atoms with Crippen LogP contribution in [0.5, 0.6) is 0 Å². The number of carboxylic acid groups (broad SMARTS) is 1. The molecule has 2 heterocycles. The monoisotopic (exact) mass is 511 g/mol. The van der Waals surface area contributed by atoms with Crippen molar-refractivity contribution in [1.82, 2.24) is 10.3 Å². The molecule has 5 rings (SSSR count). The molecule has 0 saturated heterocycles. The van der Waals surface area contributed by atoms with Crippen LogP contribution in [0.3, 0.4) is 0 Å². The van der Waals surface area contributed by atoms with Crippen LogP contribution >= 0.6 is 0 Å². The van der Waals surface area contributed by atoms with Crippen molar-refractivity contribution in [3.63, 3.8) is 0 Å². The molecule has 1 aromatic carbocycles. The Labute approximate surface area is 209 Å². The summed E-state index contributed by atoms with van der Waals surface area (Å²) >= 11 is 0. The second kappa shape index (κ2) is 8.92. The first-order valence-electron chi connectivity index (χ1n) is 12.1. The van der Waals surface area contributed by atoms with Crippen molar-refractivity contribution in [3.8, 4) is 11.3 Å². The Balaban J connectivity index is 1.63. The van der Waals surface area contributed by atoms with Gasteiger partial charge in [0.25, 0.3) is 5.91 Å². The van der Waals surface area contributed by atoms with Crippen LogP contribution in [-0.2, 0) is 14.8 Å². The van der Waals surface area contributed by atoms with Crippen molar-refractivity contribution >= 4 is 38.8 Å². The summed E-state index contributed by atoms with van der Waals surface area (Å²) in [5.74, 6) is -0.793. The van der Waals surface area contributed by atoms with E-state index < -0.39 is 21.9 Å². The fourth-order valence-electron chi connectivity index (χ4n) is 4.76. The molecule has 10 heteroatoms. The molecule has 2 N–H and O–H groups in total. The molecule has 0 bridgehead atoms. The Morgan fingerprint density at radius 2 is 1.92 bits per heavy atom. The molecule has 0 radical (unpaired) electrons. The van der Waals surface area contributed by atoms with Crippen LogP contribution in [0.1, 0.15) is 53.1 Å². The maximum atomic E-state index is 12.9. The molecule has 190 valence electrons. The van der Waals surface area contributed by atoms with Crippen LogP contribution in [0.25, 0.3) is 22.4 Å². The second-order valence-electron chi connectivity index (χ2n) is 9.84. The van der Waals surface area contributed by atoms with E-state index >= 15 is 0 Å². The maximum absolute atomic E-state index is 12.9. The number of nitrogens with zero attached hydrogens (tertiary/aromatic N) is 2. The van der Waals surface area contributed by atoms with Gasteiger partial charge in [-0.3, -0.25) is 13.9 Å². The van der Waals surface area contributed by atoms with Crippen molar-refractivity contribution in [2.45, 2.75) is 38.5 Å². The standard InChI is InChI=1S/C26H29N3O6S/c1-14-4-6-16(7-5-14)22-21(24(30)27-2)20-13-18(15-8-9-15)23(28-25(20)35-22)29(36(3,33)34)11-10-17-12-19(17)26(31)32/h4-7,13,15,17,19H,8-12H2,1-3H3,(H,27,30)(H,31,32). The zero-order chi connectivity index (χ0) is 25.8.